The van der Waals surface area contributed by atoms with Gasteiger partial charge in [-0.25, -0.2) is 8.78 Å². The number of carbonyl (C=O) groups is 1. The van der Waals surface area contributed by atoms with Gasteiger partial charge >= 0.3 is 0 Å². The van der Waals surface area contributed by atoms with Crippen molar-refractivity contribution >= 4 is 5.91 Å². The van der Waals surface area contributed by atoms with Crippen LogP contribution in [0.5, 0.6) is 11.5 Å². The standard InChI is InChI=1S/C17H17F2NO3/c1-10(13-9-12(22-2)5-7-16(13)23-3)20-17(21)11-4-6-14(18)15(19)8-11/h4-10H,1-3H3,(H,20,21)/t10-/m1/s1. The third-order valence-electron chi connectivity index (χ3n) is 3.43. The van der Waals surface area contributed by atoms with Gasteiger partial charge in [0.1, 0.15) is 11.5 Å². The van der Waals surface area contributed by atoms with Crippen LogP contribution in [0.25, 0.3) is 0 Å². The van der Waals surface area contributed by atoms with E-state index >= 15 is 0 Å². The van der Waals surface area contributed by atoms with Gasteiger partial charge in [0.15, 0.2) is 11.6 Å². The summed E-state index contributed by atoms with van der Waals surface area (Å²) in [7, 11) is 3.06. The molecule has 122 valence electrons. The molecule has 0 aromatic heterocycles. The van der Waals surface area contributed by atoms with E-state index in [2.05, 4.69) is 5.32 Å². The quantitative estimate of drug-likeness (QED) is 0.917. The lowest BCUT2D eigenvalue weighted by atomic mass is 10.1. The van der Waals surface area contributed by atoms with Crippen LogP contribution < -0.4 is 14.8 Å². The summed E-state index contributed by atoms with van der Waals surface area (Å²) in [4.78, 5) is 12.2. The first-order valence-corrected chi connectivity index (χ1v) is 6.94. The molecular formula is C17H17F2NO3. The Hall–Kier alpha value is -2.63. The molecule has 0 bridgehead atoms. The van der Waals surface area contributed by atoms with Crippen LogP contribution in [0.4, 0.5) is 8.78 Å². The number of hydrogen-bond acceptors (Lipinski definition) is 3. The second-order valence-corrected chi connectivity index (χ2v) is 4.93. The summed E-state index contributed by atoms with van der Waals surface area (Å²) in [5, 5.41) is 2.72. The fourth-order valence-corrected chi connectivity index (χ4v) is 2.17. The molecule has 0 radical (unpaired) electrons. The van der Waals surface area contributed by atoms with Gasteiger partial charge in [-0.15, -0.1) is 0 Å². The zero-order valence-corrected chi connectivity index (χ0v) is 13.0. The number of carbonyl (C=O) groups excluding carboxylic acids is 1. The molecule has 0 saturated heterocycles. The Kier molecular flexibility index (Phi) is 5.16. The predicted octanol–water partition coefficient (Wildman–Crippen LogP) is 3.47. The lowest BCUT2D eigenvalue weighted by Gasteiger charge is -2.18. The van der Waals surface area contributed by atoms with Gasteiger partial charge in [-0.3, -0.25) is 4.79 Å². The predicted molar refractivity (Wildman–Crippen MR) is 81.8 cm³/mol. The summed E-state index contributed by atoms with van der Waals surface area (Å²) in [5.41, 5.74) is 0.750. The maximum absolute atomic E-state index is 13.2. The largest absolute Gasteiger partial charge is 0.497 e. The van der Waals surface area contributed by atoms with E-state index in [1.54, 1.807) is 25.1 Å². The van der Waals surface area contributed by atoms with Crippen LogP contribution in [0.15, 0.2) is 36.4 Å². The molecule has 2 aromatic rings. The third kappa shape index (κ3) is 3.77. The Labute approximate surface area is 133 Å². The normalized spacial score (nSPS) is 11.7. The maximum Gasteiger partial charge on any atom is 0.251 e. The molecule has 0 aliphatic heterocycles. The van der Waals surface area contributed by atoms with Crippen LogP contribution >= 0.6 is 0 Å². The van der Waals surface area contributed by atoms with E-state index in [4.69, 9.17) is 9.47 Å². The number of methoxy groups -OCH3 is 2. The van der Waals surface area contributed by atoms with E-state index < -0.39 is 23.6 Å². The zero-order chi connectivity index (χ0) is 17.0. The van der Waals surface area contributed by atoms with Gasteiger partial charge in [-0.2, -0.15) is 0 Å². The van der Waals surface area contributed by atoms with Crippen LogP contribution in [0.3, 0.4) is 0 Å². The van der Waals surface area contributed by atoms with Crippen molar-refractivity contribution in [1.29, 1.82) is 0 Å². The number of rotatable bonds is 5. The molecule has 1 N–H and O–H groups in total. The lowest BCUT2D eigenvalue weighted by Crippen LogP contribution is -2.27. The van der Waals surface area contributed by atoms with Crippen LogP contribution in [0.2, 0.25) is 0 Å². The summed E-state index contributed by atoms with van der Waals surface area (Å²) in [6, 6.07) is 7.81. The van der Waals surface area contributed by atoms with Crippen molar-refractivity contribution in [2.75, 3.05) is 14.2 Å². The van der Waals surface area contributed by atoms with Crippen LogP contribution in [-0.2, 0) is 0 Å². The molecule has 0 aliphatic carbocycles. The fourth-order valence-electron chi connectivity index (χ4n) is 2.17. The van der Waals surface area contributed by atoms with Crippen molar-refractivity contribution in [3.63, 3.8) is 0 Å². The summed E-state index contributed by atoms with van der Waals surface area (Å²) in [6.45, 7) is 1.76. The molecule has 0 saturated carbocycles. The van der Waals surface area contributed by atoms with Gasteiger partial charge in [0, 0.05) is 11.1 Å². The summed E-state index contributed by atoms with van der Waals surface area (Å²) in [6.07, 6.45) is 0. The van der Waals surface area contributed by atoms with Crippen molar-refractivity contribution in [1.82, 2.24) is 5.32 Å². The maximum atomic E-state index is 13.2. The first kappa shape index (κ1) is 16.7. The molecule has 0 aliphatic rings. The highest BCUT2D eigenvalue weighted by Crippen LogP contribution is 2.29. The van der Waals surface area contributed by atoms with Crippen LogP contribution in [-0.4, -0.2) is 20.1 Å². The molecule has 2 aromatic carbocycles. The number of amides is 1. The van der Waals surface area contributed by atoms with E-state index in [-0.39, 0.29) is 5.56 Å². The smallest absolute Gasteiger partial charge is 0.251 e. The van der Waals surface area contributed by atoms with Gasteiger partial charge in [0.05, 0.1) is 20.3 Å². The number of hydrogen-bond donors (Lipinski definition) is 1. The van der Waals surface area contributed by atoms with Crippen molar-refractivity contribution in [2.45, 2.75) is 13.0 Å². The molecule has 1 atom stereocenters. The SMILES string of the molecule is COc1ccc(OC)c([C@@H](C)NC(=O)c2ccc(F)c(F)c2)c1. The minimum Gasteiger partial charge on any atom is -0.497 e. The highest BCUT2D eigenvalue weighted by molar-refractivity contribution is 5.94. The molecule has 4 nitrogen and oxygen atoms in total. The number of ether oxygens (including phenoxy) is 2. The Bertz CT molecular complexity index is 719. The van der Waals surface area contributed by atoms with Crippen molar-refractivity contribution in [3.8, 4) is 11.5 Å². The highest BCUT2D eigenvalue weighted by Gasteiger charge is 2.17. The Morgan fingerprint density at radius 2 is 1.78 bits per heavy atom. The fraction of sp³-hybridized carbons (Fsp3) is 0.235. The average Bonchev–Trinajstić information content (AvgIpc) is 2.56. The Morgan fingerprint density at radius 1 is 1.04 bits per heavy atom. The average molecular weight is 321 g/mol. The van der Waals surface area contributed by atoms with Crippen molar-refractivity contribution in [2.24, 2.45) is 0 Å². The number of nitrogens with one attached hydrogen (secondary N) is 1. The van der Waals surface area contributed by atoms with Gasteiger partial charge in [0.2, 0.25) is 0 Å². The molecule has 23 heavy (non-hydrogen) atoms. The summed E-state index contributed by atoms with van der Waals surface area (Å²) >= 11 is 0. The van der Waals surface area contributed by atoms with Gasteiger partial charge in [-0.1, -0.05) is 0 Å². The van der Waals surface area contributed by atoms with Crippen molar-refractivity contribution in [3.05, 3.63) is 59.2 Å². The topological polar surface area (TPSA) is 47.6 Å². The van der Waals surface area contributed by atoms with Crippen LogP contribution in [0.1, 0.15) is 28.9 Å². The first-order valence-electron chi connectivity index (χ1n) is 6.94. The minimum absolute atomic E-state index is 0.0395. The van der Waals surface area contributed by atoms with Gasteiger partial charge < -0.3 is 14.8 Å². The van der Waals surface area contributed by atoms with E-state index in [0.717, 1.165) is 12.1 Å². The number of benzene rings is 2. The Morgan fingerprint density at radius 3 is 2.39 bits per heavy atom. The molecule has 0 unspecified atom stereocenters. The second kappa shape index (κ2) is 7.09. The molecule has 0 spiro atoms. The Balaban J connectivity index is 2.22. The molecule has 2 rings (SSSR count). The van der Waals surface area contributed by atoms with E-state index in [9.17, 15) is 13.6 Å². The zero-order valence-electron chi connectivity index (χ0n) is 13.0. The first-order chi connectivity index (χ1) is 11.0. The molecule has 0 heterocycles. The molecule has 6 heteroatoms. The van der Waals surface area contributed by atoms with Gasteiger partial charge in [0.25, 0.3) is 5.91 Å². The van der Waals surface area contributed by atoms with Crippen LogP contribution in [0, 0.1) is 11.6 Å². The third-order valence-corrected chi connectivity index (χ3v) is 3.43. The molecule has 0 fully saturated rings. The number of halogens is 2. The van der Waals surface area contributed by atoms with E-state index in [0.29, 0.717) is 17.1 Å². The minimum atomic E-state index is -1.07. The lowest BCUT2D eigenvalue weighted by molar-refractivity contribution is 0.0939. The van der Waals surface area contributed by atoms with E-state index in [1.807, 2.05) is 0 Å². The molecular weight excluding hydrogens is 304 g/mol. The highest BCUT2D eigenvalue weighted by atomic mass is 19.2. The molecule has 1 amide bonds. The van der Waals surface area contributed by atoms with Crippen molar-refractivity contribution < 1.29 is 23.0 Å². The second-order valence-electron chi connectivity index (χ2n) is 4.93. The van der Waals surface area contributed by atoms with Gasteiger partial charge in [-0.05, 0) is 43.3 Å². The summed E-state index contributed by atoms with van der Waals surface area (Å²) in [5.74, 6) is -1.37. The summed E-state index contributed by atoms with van der Waals surface area (Å²) < 4.78 is 36.6. The van der Waals surface area contributed by atoms with E-state index in [1.165, 1.54) is 20.3 Å². The monoisotopic (exact) mass is 321 g/mol.